The summed E-state index contributed by atoms with van der Waals surface area (Å²) >= 11 is 0. The van der Waals surface area contributed by atoms with Gasteiger partial charge in [-0.15, -0.1) is 0 Å². The Bertz CT molecular complexity index is 1600. The third kappa shape index (κ3) is 4.16. The van der Waals surface area contributed by atoms with Crippen molar-refractivity contribution in [2.45, 2.75) is 43.7 Å². The fraction of sp³-hybridized carbons (Fsp3) is 0.433. The summed E-state index contributed by atoms with van der Waals surface area (Å²) in [6, 6.07) is 7.09. The number of ether oxygens (including phenoxy) is 1. The number of hydrogen-bond acceptors (Lipinski definition) is 7. The number of nitrogens with one attached hydrogen (secondary N) is 1. The summed E-state index contributed by atoms with van der Waals surface area (Å²) in [6.07, 6.45) is 6.89. The molecular formula is C30H31F3N6O. The van der Waals surface area contributed by atoms with E-state index < -0.39 is 17.5 Å². The molecule has 0 saturated carbocycles. The fourth-order valence-corrected chi connectivity index (χ4v) is 6.86. The van der Waals surface area contributed by atoms with Crippen molar-refractivity contribution in [1.29, 1.82) is 0 Å². The highest BCUT2D eigenvalue weighted by Crippen LogP contribution is 2.40. The Morgan fingerprint density at radius 1 is 1.07 bits per heavy atom. The van der Waals surface area contributed by atoms with Gasteiger partial charge in [0.25, 0.3) is 0 Å². The van der Waals surface area contributed by atoms with Crippen molar-refractivity contribution < 1.29 is 17.9 Å². The molecule has 0 amide bonds. The minimum atomic E-state index is -0.738. The Kier molecular flexibility index (Phi) is 6.27. The Morgan fingerprint density at radius 2 is 1.90 bits per heavy atom. The van der Waals surface area contributed by atoms with Crippen LogP contribution < -0.4 is 15.0 Å². The van der Waals surface area contributed by atoms with Crippen molar-refractivity contribution in [2.75, 3.05) is 44.7 Å². The highest BCUT2D eigenvalue weighted by molar-refractivity contribution is 5.99. The Labute approximate surface area is 230 Å². The van der Waals surface area contributed by atoms with E-state index in [2.05, 4.69) is 20.2 Å². The van der Waals surface area contributed by atoms with E-state index in [-0.39, 0.29) is 45.1 Å². The number of benzene rings is 2. The molecule has 1 unspecified atom stereocenters. The van der Waals surface area contributed by atoms with Crippen LogP contribution in [0.1, 0.15) is 32.1 Å². The van der Waals surface area contributed by atoms with Gasteiger partial charge in [-0.25, -0.2) is 13.2 Å². The van der Waals surface area contributed by atoms with Gasteiger partial charge in [-0.3, -0.25) is 9.88 Å². The van der Waals surface area contributed by atoms with Crippen LogP contribution in [0.4, 0.5) is 19.0 Å². The molecular weight excluding hydrogens is 517 g/mol. The Hall–Kier alpha value is -3.50. The van der Waals surface area contributed by atoms with Gasteiger partial charge in [0.1, 0.15) is 35.3 Å². The summed E-state index contributed by atoms with van der Waals surface area (Å²) in [5.41, 5.74) is 0.320. The van der Waals surface area contributed by atoms with Crippen LogP contribution >= 0.6 is 0 Å². The number of rotatable bonds is 6. The lowest BCUT2D eigenvalue weighted by atomic mass is 9.95. The second kappa shape index (κ2) is 9.85. The maximum Gasteiger partial charge on any atom is 0.319 e. The molecule has 3 saturated heterocycles. The van der Waals surface area contributed by atoms with Crippen LogP contribution in [0.25, 0.3) is 32.9 Å². The summed E-state index contributed by atoms with van der Waals surface area (Å²) in [4.78, 5) is 18.3. The van der Waals surface area contributed by atoms with Crippen molar-refractivity contribution >= 4 is 27.5 Å². The minimum absolute atomic E-state index is 0.0151. The molecule has 0 spiro atoms. The Balaban J connectivity index is 1.35. The SMILES string of the molecule is CN(c1nc(OCC23CCCN2CCC3)nc2c(F)c(-c3cccc4c(F)cc(F)cc34)ncc12)C1CCNC1. The van der Waals surface area contributed by atoms with Gasteiger partial charge < -0.3 is 15.0 Å². The standard InChI is InChI=1S/C30H31F3N6O/c1-38(19-7-10-34-15-19)28-23-16-35-26(21-6-2-5-20-22(21)13-18(31)14-24(20)32)25(33)27(23)36-29(37-28)40-17-30-8-3-11-39(30)12-4-9-30/h2,5-6,13-14,16,19,34H,3-4,7-12,15,17H2,1H3. The second-order valence-corrected chi connectivity index (χ2v) is 11.3. The van der Waals surface area contributed by atoms with Gasteiger partial charge in [-0.2, -0.15) is 9.97 Å². The van der Waals surface area contributed by atoms with Gasteiger partial charge in [0.2, 0.25) is 0 Å². The van der Waals surface area contributed by atoms with E-state index in [0.717, 1.165) is 64.3 Å². The largest absolute Gasteiger partial charge is 0.461 e. The first-order chi connectivity index (χ1) is 19.4. The topological polar surface area (TPSA) is 66.4 Å². The maximum atomic E-state index is 16.4. The number of anilines is 1. The minimum Gasteiger partial charge on any atom is -0.461 e. The van der Waals surface area contributed by atoms with Crippen LogP contribution in [0, 0.1) is 17.5 Å². The number of hydrogen-bond donors (Lipinski definition) is 1. The van der Waals surface area contributed by atoms with Crippen LogP contribution in [0.5, 0.6) is 6.01 Å². The number of halogens is 3. The zero-order valence-corrected chi connectivity index (χ0v) is 22.4. The molecule has 2 aromatic heterocycles. The summed E-state index contributed by atoms with van der Waals surface area (Å²) in [6.45, 7) is 4.27. The third-order valence-electron chi connectivity index (χ3n) is 9.01. The maximum absolute atomic E-state index is 16.4. The van der Waals surface area contributed by atoms with E-state index >= 15 is 4.39 Å². The van der Waals surface area contributed by atoms with E-state index in [1.54, 1.807) is 18.3 Å². The van der Waals surface area contributed by atoms with E-state index in [1.165, 1.54) is 12.1 Å². The van der Waals surface area contributed by atoms with E-state index in [1.807, 2.05) is 11.9 Å². The summed E-state index contributed by atoms with van der Waals surface area (Å²) in [5, 5.41) is 4.26. The fourth-order valence-electron chi connectivity index (χ4n) is 6.86. The van der Waals surface area contributed by atoms with Gasteiger partial charge in [0.05, 0.1) is 10.9 Å². The first-order valence-electron chi connectivity index (χ1n) is 14.0. The van der Waals surface area contributed by atoms with Gasteiger partial charge in [0.15, 0.2) is 5.82 Å². The van der Waals surface area contributed by atoms with Gasteiger partial charge >= 0.3 is 6.01 Å². The highest BCUT2D eigenvalue weighted by Gasteiger charge is 2.45. The summed E-state index contributed by atoms with van der Waals surface area (Å²) < 4.78 is 51.4. The van der Waals surface area contributed by atoms with E-state index in [0.29, 0.717) is 17.8 Å². The van der Waals surface area contributed by atoms with Gasteiger partial charge in [-0.1, -0.05) is 18.2 Å². The molecule has 0 aliphatic carbocycles. The molecule has 7 nitrogen and oxygen atoms in total. The van der Waals surface area contributed by atoms with Crippen molar-refractivity contribution in [3.05, 3.63) is 54.0 Å². The van der Waals surface area contributed by atoms with Crippen molar-refractivity contribution in [3.8, 4) is 17.3 Å². The number of nitrogens with zero attached hydrogens (tertiary/aromatic N) is 5. The molecule has 0 bridgehead atoms. The first-order valence-corrected chi connectivity index (χ1v) is 14.0. The Morgan fingerprint density at radius 3 is 2.67 bits per heavy atom. The number of pyridine rings is 1. The highest BCUT2D eigenvalue weighted by atomic mass is 19.1. The monoisotopic (exact) mass is 548 g/mol. The molecule has 40 heavy (non-hydrogen) atoms. The average molecular weight is 549 g/mol. The normalized spacial score (nSPS) is 20.4. The smallest absolute Gasteiger partial charge is 0.319 e. The molecule has 1 atom stereocenters. The second-order valence-electron chi connectivity index (χ2n) is 11.3. The predicted molar refractivity (Wildman–Crippen MR) is 148 cm³/mol. The molecule has 1 N–H and O–H groups in total. The zero-order chi connectivity index (χ0) is 27.4. The molecule has 5 heterocycles. The lowest BCUT2D eigenvalue weighted by Gasteiger charge is -2.31. The van der Waals surface area contributed by atoms with Gasteiger partial charge in [0, 0.05) is 42.8 Å². The lowest BCUT2D eigenvalue weighted by Crippen LogP contribution is -2.43. The van der Waals surface area contributed by atoms with Crippen LogP contribution in [0.3, 0.4) is 0 Å². The van der Waals surface area contributed by atoms with Crippen LogP contribution in [-0.2, 0) is 0 Å². The molecule has 3 fully saturated rings. The third-order valence-corrected chi connectivity index (χ3v) is 9.01. The number of aromatic nitrogens is 3. The molecule has 208 valence electrons. The molecule has 2 aromatic carbocycles. The molecule has 3 aliphatic heterocycles. The van der Waals surface area contributed by atoms with Crippen molar-refractivity contribution in [1.82, 2.24) is 25.2 Å². The van der Waals surface area contributed by atoms with E-state index in [4.69, 9.17) is 9.72 Å². The van der Waals surface area contributed by atoms with Crippen LogP contribution in [0.2, 0.25) is 0 Å². The molecule has 7 rings (SSSR count). The van der Waals surface area contributed by atoms with Crippen molar-refractivity contribution in [3.63, 3.8) is 0 Å². The quantitative estimate of drug-likeness (QED) is 0.361. The molecule has 0 radical (unpaired) electrons. The number of fused-ring (bicyclic) bond motifs is 3. The van der Waals surface area contributed by atoms with Crippen LogP contribution in [-0.4, -0.2) is 71.3 Å². The lowest BCUT2D eigenvalue weighted by molar-refractivity contribution is 0.108. The van der Waals surface area contributed by atoms with Crippen LogP contribution in [0.15, 0.2) is 36.5 Å². The van der Waals surface area contributed by atoms with E-state index in [9.17, 15) is 8.78 Å². The average Bonchev–Trinajstić information content (AvgIpc) is 3.70. The zero-order valence-electron chi connectivity index (χ0n) is 22.4. The summed E-state index contributed by atoms with van der Waals surface area (Å²) in [7, 11) is 1.94. The van der Waals surface area contributed by atoms with Gasteiger partial charge in [-0.05, 0) is 63.2 Å². The number of likely N-dealkylation sites (N-methyl/N-ethyl adjacent to an activating group) is 1. The molecule has 10 heteroatoms. The molecule has 3 aliphatic rings. The van der Waals surface area contributed by atoms with Crippen molar-refractivity contribution in [2.24, 2.45) is 0 Å². The molecule has 4 aromatic rings. The predicted octanol–water partition coefficient (Wildman–Crippen LogP) is 5.07. The first kappa shape index (κ1) is 25.5. The summed E-state index contributed by atoms with van der Waals surface area (Å²) in [5.74, 6) is -1.58.